The average molecular weight is 540 g/mol. The fraction of sp³-hybridized carbons (Fsp3) is 0.483. The first-order valence-electron chi connectivity index (χ1n) is 13.4. The van der Waals surface area contributed by atoms with Gasteiger partial charge in [0.05, 0.1) is 26.3 Å². The third-order valence-corrected chi connectivity index (χ3v) is 7.51. The molecule has 0 radical (unpaired) electrons. The molecule has 2 aliphatic heterocycles. The van der Waals surface area contributed by atoms with Crippen LogP contribution in [-0.4, -0.2) is 83.2 Å². The minimum atomic E-state index is -0.667. The van der Waals surface area contributed by atoms with E-state index in [0.717, 1.165) is 11.1 Å². The minimum Gasteiger partial charge on any atom is -0.375 e. The van der Waals surface area contributed by atoms with Crippen LogP contribution >= 0.6 is 0 Å². The summed E-state index contributed by atoms with van der Waals surface area (Å²) in [6.45, 7) is 7.47. The minimum absolute atomic E-state index is 0.0135. The fourth-order valence-electron chi connectivity index (χ4n) is 5.11. The monoisotopic (exact) mass is 539 g/mol. The molecule has 2 aliphatic rings. The molecule has 0 bridgehead atoms. The van der Waals surface area contributed by atoms with Crippen molar-refractivity contribution in [2.75, 3.05) is 33.3 Å². The Labute approximate surface area is 229 Å². The quantitative estimate of drug-likeness (QED) is 0.495. The van der Waals surface area contributed by atoms with Crippen LogP contribution in [0, 0.1) is 18.7 Å². The van der Waals surface area contributed by atoms with Crippen LogP contribution in [0.25, 0.3) is 0 Å². The van der Waals surface area contributed by atoms with E-state index in [1.165, 1.54) is 22.7 Å². The molecule has 2 fully saturated rings. The maximum atomic E-state index is 13.6. The highest BCUT2D eigenvalue weighted by atomic mass is 19.1. The highest BCUT2D eigenvalue weighted by molar-refractivity contribution is 5.91. The molecule has 4 amide bonds. The number of hydrogen-bond acceptors (Lipinski definition) is 5. The lowest BCUT2D eigenvalue weighted by atomic mass is 9.92. The number of likely N-dealkylation sites (N-methyl/N-ethyl adjacent to an activating group) is 1. The van der Waals surface area contributed by atoms with Crippen LogP contribution in [0.4, 0.5) is 9.18 Å². The van der Waals surface area contributed by atoms with Crippen molar-refractivity contribution in [3.05, 3.63) is 71.0 Å². The molecule has 0 aliphatic carbocycles. The van der Waals surface area contributed by atoms with E-state index in [-0.39, 0.29) is 43.2 Å². The predicted molar refractivity (Wildman–Crippen MR) is 144 cm³/mol. The molecule has 0 spiro atoms. The number of hydrogen-bond donors (Lipinski definition) is 1. The maximum absolute atomic E-state index is 13.6. The molecule has 0 aromatic heterocycles. The van der Waals surface area contributed by atoms with Crippen LogP contribution in [0.15, 0.2) is 48.5 Å². The largest absolute Gasteiger partial charge is 0.375 e. The smallest absolute Gasteiger partial charge is 0.334 e. The summed E-state index contributed by atoms with van der Waals surface area (Å²) in [5.41, 5.74) is 2.98. The van der Waals surface area contributed by atoms with Gasteiger partial charge in [0.1, 0.15) is 18.0 Å². The third-order valence-electron chi connectivity index (χ3n) is 7.51. The van der Waals surface area contributed by atoms with E-state index in [9.17, 15) is 18.8 Å². The molecular formula is C29H38FN5O4. The molecule has 0 saturated carbocycles. The number of amides is 4. The van der Waals surface area contributed by atoms with E-state index < -0.39 is 18.2 Å². The number of hydrazine groups is 1. The number of halogens is 1. The van der Waals surface area contributed by atoms with Crippen LogP contribution in [-0.2, 0) is 27.5 Å². The molecule has 2 aromatic carbocycles. The lowest BCUT2D eigenvalue weighted by Gasteiger charge is -2.55. The number of nitrogens with zero attached hydrogens (tertiary/aromatic N) is 4. The number of urea groups is 1. The number of piperazine rings is 1. The lowest BCUT2D eigenvalue weighted by Crippen LogP contribution is -2.76. The Bertz CT molecular complexity index is 1160. The molecule has 2 saturated heterocycles. The summed E-state index contributed by atoms with van der Waals surface area (Å²) < 4.78 is 19.2. The van der Waals surface area contributed by atoms with Crippen molar-refractivity contribution in [1.82, 2.24) is 25.1 Å². The SMILES string of the molecule is CCC(C)[C@H]1C(=O)N(CCOCc2ccc(C)cc2)C[C@H]2N1C(=O)CN(C)N2C(=O)NCc1ccc(F)cc1. The van der Waals surface area contributed by atoms with Gasteiger partial charge < -0.3 is 19.9 Å². The van der Waals surface area contributed by atoms with Crippen molar-refractivity contribution >= 4 is 17.8 Å². The second-order valence-electron chi connectivity index (χ2n) is 10.4. The van der Waals surface area contributed by atoms with E-state index in [1.807, 2.05) is 45.0 Å². The Balaban J connectivity index is 1.48. The zero-order valence-corrected chi connectivity index (χ0v) is 23.1. The second kappa shape index (κ2) is 12.6. The number of ether oxygens (including phenoxy) is 1. The van der Waals surface area contributed by atoms with Gasteiger partial charge in [-0.15, -0.1) is 0 Å². The van der Waals surface area contributed by atoms with Crippen molar-refractivity contribution in [2.24, 2.45) is 5.92 Å². The van der Waals surface area contributed by atoms with Gasteiger partial charge in [-0.05, 0) is 36.1 Å². The molecule has 1 unspecified atom stereocenters. The molecular weight excluding hydrogens is 501 g/mol. The van der Waals surface area contributed by atoms with Crippen LogP contribution in [0.2, 0.25) is 0 Å². The number of rotatable bonds is 9. The Morgan fingerprint density at radius 3 is 2.44 bits per heavy atom. The molecule has 9 nitrogen and oxygen atoms in total. The molecule has 39 heavy (non-hydrogen) atoms. The summed E-state index contributed by atoms with van der Waals surface area (Å²) in [7, 11) is 1.69. The molecule has 3 atom stereocenters. The van der Waals surface area contributed by atoms with E-state index in [0.29, 0.717) is 26.2 Å². The van der Waals surface area contributed by atoms with Gasteiger partial charge in [-0.3, -0.25) is 9.59 Å². The maximum Gasteiger partial charge on any atom is 0.334 e. The van der Waals surface area contributed by atoms with Gasteiger partial charge in [0.15, 0.2) is 0 Å². The lowest BCUT2D eigenvalue weighted by molar-refractivity contribution is -0.190. The molecule has 210 valence electrons. The Hall–Kier alpha value is -3.50. The number of benzene rings is 2. The van der Waals surface area contributed by atoms with E-state index in [4.69, 9.17) is 4.74 Å². The fourth-order valence-corrected chi connectivity index (χ4v) is 5.11. The Morgan fingerprint density at radius 1 is 1.10 bits per heavy atom. The molecule has 2 aromatic rings. The zero-order chi connectivity index (χ0) is 28.1. The molecule has 2 heterocycles. The third kappa shape index (κ3) is 6.57. The van der Waals surface area contributed by atoms with E-state index >= 15 is 0 Å². The summed E-state index contributed by atoms with van der Waals surface area (Å²) >= 11 is 0. The van der Waals surface area contributed by atoms with Crippen LogP contribution in [0.3, 0.4) is 0 Å². The van der Waals surface area contributed by atoms with Crippen LogP contribution < -0.4 is 5.32 Å². The van der Waals surface area contributed by atoms with Gasteiger partial charge in [-0.2, -0.15) is 0 Å². The first-order chi connectivity index (χ1) is 18.7. The zero-order valence-electron chi connectivity index (χ0n) is 23.1. The van der Waals surface area contributed by atoms with Gasteiger partial charge in [0.2, 0.25) is 11.8 Å². The summed E-state index contributed by atoms with van der Waals surface area (Å²) in [4.78, 5) is 43.6. The second-order valence-corrected chi connectivity index (χ2v) is 10.4. The Kier molecular flexibility index (Phi) is 9.19. The predicted octanol–water partition coefficient (Wildman–Crippen LogP) is 3.13. The molecule has 1 N–H and O–H groups in total. The van der Waals surface area contributed by atoms with Crippen molar-refractivity contribution in [2.45, 2.75) is 52.6 Å². The first-order valence-corrected chi connectivity index (χ1v) is 13.4. The van der Waals surface area contributed by atoms with E-state index in [2.05, 4.69) is 5.32 Å². The number of carbonyl (C=O) groups excluding carboxylic acids is 3. The summed E-state index contributed by atoms with van der Waals surface area (Å²) in [5, 5.41) is 6.00. The van der Waals surface area contributed by atoms with E-state index in [1.54, 1.807) is 34.0 Å². The van der Waals surface area contributed by atoms with Crippen molar-refractivity contribution < 1.29 is 23.5 Å². The van der Waals surface area contributed by atoms with Crippen LogP contribution in [0.1, 0.15) is 37.0 Å². The van der Waals surface area contributed by atoms with Crippen molar-refractivity contribution in [3.8, 4) is 0 Å². The van der Waals surface area contributed by atoms with Crippen LogP contribution in [0.5, 0.6) is 0 Å². The highest BCUT2D eigenvalue weighted by Gasteiger charge is 2.51. The summed E-state index contributed by atoms with van der Waals surface area (Å²) in [6.07, 6.45) is 0.0512. The highest BCUT2D eigenvalue weighted by Crippen LogP contribution is 2.30. The molecule has 10 heteroatoms. The standard InChI is InChI=1S/C29H38FN5O4/c1-5-21(3)27-28(37)33(14-15-39-19-23-8-6-20(2)7-9-23)17-25-34(27)26(36)18-32(4)35(25)29(38)31-16-22-10-12-24(30)13-11-22/h6-13,21,25,27H,5,14-19H2,1-4H3,(H,31,38)/t21?,25-,27-/m0/s1. The average Bonchev–Trinajstić information content (AvgIpc) is 2.92. The van der Waals surface area contributed by atoms with Gasteiger partial charge in [-0.25, -0.2) is 19.2 Å². The number of aryl methyl sites for hydroxylation is 1. The first kappa shape index (κ1) is 28.5. The Morgan fingerprint density at radius 2 is 1.77 bits per heavy atom. The van der Waals surface area contributed by atoms with Gasteiger partial charge in [0, 0.05) is 20.1 Å². The molecule has 4 rings (SSSR count). The summed E-state index contributed by atoms with van der Waals surface area (Å²) in [6, 6.07) is 13.0. The number of nitrogens with one attached hydrogen (secondary N) is 1. The number of carbonyl (C=O) groups is 3. The normalized spacial score (nSPS) is 20.7. The number of fused-ring (bicyclic) bond motifs is 1. The van der Waals surface area contributed by atoms with Gasteiger partial charge >= 0.3 is 6.03 Å². The topological polar surface area (TPSA) is 85.4 Å². The summed E-state index contributed by atoms with van der Waals surface area (Å²) in [5.74, 6) is -0.739. The van der Waals surface area contributed by atoms with Gasteiger partial charge in [-0.1, -0.05) is 62.2 Å². The van der Waals surface area contributed by atoms with Crippen molar-refractivity contribution in [1.29, 1.82) is 0 Å². The van der Waals surface area contributed by atoms with Gasteiger partial charge in [0.25, 0.3) is 0 Å². The van der Waals surface area contributed by atoms with Crippen molar-refractivity contribution in [3.63, 3.8) is 0 Å².